The summed E-state index contributed by atoms with van der Waals surface area (Å²) in [6, 6.07) is 18.1. The van der Waals surface area contributed by atoms with E-state index in [9.17, 15) is 5.11 Å². The molecule has 40 heavy (non-hydrogen) atoms. The van der Waals surface area contributed by atoms with E-state index in [1.807, 2.05) is 67.1 Å². The predicted molar refractivity (Wildman–Crippen MR) is 158 cm³/mol. The number of nitrogens with one attached hydrogen (secondary N) is 3. The normalized spacial score (nSPS) is 14.6. The van der Waals surface area contributed by atoms with E-state index in [2.05, 4.69) is 41.4 Å². The summed E-state index contributed by atoms with van der Waals surface area (Å²) in [5, 5.41) is 22.5. The van der Waals surface area contributed by atoms with Gasteiger partial charge < -0.3 is 20.3 Å². The Morgan fingerprint density at radius 1 is 0.875 bits per heavy atom. The van der Waals surface area contributed by atoms with Crippen LogP contribution in [0.4, 0.5) is 11.4 Å². The van der Waals surface area contributed by atoms with Crippen molar-refractivity contribution in [2.75, 3.05) is 23.3 Å². The molecule has 1 saturated heterocycles. The molecule has 0 saturated carbocycles. The Bertz CT molecular complexity index is 1770. The van der Waals surface area contributed by atoms with E-state index >= 15 is 0 Å². The highest BCUT2D eigenvalue weighted by atomic mass is 16.3. The maximum absolute atomic E-state index is 10.6. The third kappa shape index (κ3) is 4.76. The Kier molecular flexibility index (Phi) is 6.33. The van der Waals surface area contributed by atoms with E-state index in [0.717, 1.165) is 68.8 Å². The summed E-state index contributed by atoms with van der Waals surface area (Å²) in [4.78, 5) is 19.7. The molecule has 200 valence electrons. The fourth-order valence-electron chi connectivity index (χ4n) is 5.53. The number of anilines is 2. The number of hydrogen-bond acceptors (Lipinski definition) is 7. The van der Waals surface area contributed by atoms with E-state index in [1.165, 1.54) is 19.3 Å². The minimum atomic E-state index is -0.722. The van der Waals surface area contributed by atoms with Crippen molar-refractivity contribution in [3.63, 3.8) is 0 Å². The zero-order valence-corrected chi connectivity index (χ0v) is 22.0. The van der Waals surface area contributed by atoms with Gasteiger partial charge in [-0.3, -0.25) is 15.1 Å². The molecule has 5 heterocycles. The summed E-state index contributed by atoms with van der Waals surface area (Å²) in [5.41, 5.74) is 8.34. The highest BCUT2D eigenvalue weighted by Crippen LogP contribution is 2.33. The Morgan fingerprint density at radius 3 is 2.60 bits per heavy atom. The molecular weight excluding hydrogens is 500 g/mol. The van der Waals surface area contributed by atoms with Gasteiger partial charge in [-0.05, 0) is 48.6 Å². The van der Waals surface area contributed by atoms with Crippen LogP contribution in [0.5, 0.6) is 0 Å². The van der Waals surface area contributed by atoms with E-state index in [1.54, 1.807) is 6.20 Å². The van der Waals surface area contributed by atoms with Gasteiger partial charge in [-0.2, -0.15) is 5.10 Å². The maximum Gasteiger partial charge on any atom is 0.159 e. The zero-order valence-electron chi connectivity index (χ0n) is 22.0. The predicted octanol–water partition coefficient (Wildman–Crippen LogP) is 5.53. The molecule has 0 radical (unpaired) electrons. The van der Waals surface area contributed by atoms with Gasteiger partial charge in [0.25, 0.3) is 0 Å². The van der Waals surface area contributed by atoms with Gasteiger partial charge in [0.15, 0.2) is 5.82 Å². The second-order valence-corrected chi connectivity index (χ2v) is 10.3. The molecular formula is C31H30N8O. The largest absolute Gasteiger partial charge is 0.373 e. The second kappa shape index (κ2) is 10.4. The van der Waals surface area contributed by atoms with Gasteiger partial charge in [-0.15, -0.1) is 0 Å². The van der Waals surface area contributed by atoms with E-state index in [4.69, 9.17) is 4.98 Å². The average Bonchev–Trinajstić information content (AvgIpc) is 3.62. The monoisotopic (exact) mass is 530 g/mol. The number of benzene rings is 2. The first kappa shape index (κ1) is 24.3. The molecule has 1 unspecified atom stereocenters. The SMILES string of the molecule is OC(Cc1ccccc1)Nc1cncc(-c2ccc3[nH]nc(-c4nc5c(N6CCCCC6)cncc5[nH]4)c3c2)c1. The summed E-state index contributed by atoms with van der Waals surface area (Å²) >= 11 is 0. The van der Waals surface area contributed by atoms with Crippen LogP contribution in [0.2, 0.25) is 0 Å². The average molecular weight is 531 g/mol. The summed E-state index contributed by atoms with van der Waals surface area (Å²) < 4.78 is 0. The van der Waals surface area contributed by atoms with Crippen LogP contribution in [-0.4, -0.2) is 54.6 Å². The lowest BCUT2D eigenvalue weighted by atomic mass is 10.0. The van der Waals surface area contributed by atoms with Crippen LogP contribution in [0, 0.1) is 0 Å². The van der Waals surface area contributed by atoms with Crippen LogP contribution in [0.25, 0.3) is 44.6 Å². The summed E-state index contributed by atoms with van der Waals surface area (Å²) in [6.45, 7) is 2.06. The van der Waals surface area contributed by atoms with Crippen molar-refractivity contribution in [2.24, 2.45) is 0 Å². The lowest BCUT2D eigenvalue weighted by molar-refractivity contribution is 0.204. The summed E-state index contributed by atoms with van der Waals surface area (Å²) in [7, 11) is 0. The van der Waals surface area contributed by atoms with Crippen LogP contribution < -0.4 is 10.2 Å². The van der Waals surface area contributed by atoms with Crippen molar-refractivity contribution < 1.29 is 5.11 Å². The lowest BCUT2D eigenvalue weighted by Gasteiger charge is -2.28. The summed E-state index contributed by atoms with van der Waals surface area (Å²) in [5.74, 6) is 0.710. The number of pyridine rings is 2. The van der Waals surface area contributed by atoms with Gasteiger partial charge in [-0.1, -0.05) is 36.4 Å². The minimum absolute atomic E-state index is 0.502. The third-order valence-corrected chi connectivity index (χ3v) is 7.54. The Morgan fingerprint density at radius 2 is 1.73 bits per heavy atom. The molecule has 1 atom stereocenters. The third-order valence-electron chi connectivity index (χ3n) is 7.54. The molecule has 0 bridgehead atoms. The lowest BCUT2D eigenvalue weighted by Crippen LogP contribution is -2.29. The molecule has 6 aromatic rings. The number of aliphatic hydroxyl groups is 1. The van der Waals surface area contributed by atoms with Crippen molar-refractivity contribution in [3.05, 3.63) is 84.9 Å². The number of aliphatic hydroxyl groups excluding tert-OH is 1. The van der Waals surface area contributed by atoms with Crippen molar-refractivity contribution in [1.82, 2.24) is 30.1 Å². The van der Waals surface area contributed by atoms with Gasteiger partial charge >= 0.3 is 0 Å². The van der Waals surface area contributed by atoms with Crippen LogP contribution in [-0.2, 0) is 6.42 Å². The Balaban J connectivity index is 1.18. The molecule has 1 aliphatic rings. The van der Waals surface area contributed by atoms with Gasteiger partial charge in [0, 0.05) is 36.7 Å². The van der Waals surface area contributed by atoms with Gasteiger partial charge in [0.1, 0.15) is 17.4 Å². The molecule has 0 amide bonds. The molecule has 1 aliphatic heterocycles. The number of fused-ring (bicyclic) bond motifs is 2. The number of imidazole rings is 1. The van der Waals surface area contributed by atoms with Crippen molar-refractivity contribution in [2.45, 2.75) is 31.9 Å². The maximum atomic E-state index is 10.6. The quantitative estimate of drug-likeness (QED) is 0.201. The smallest absolute Gasteiger partial charge is 0.159 e. The Hall–Kier alpha value is -4.76. The molecule has 9 heteroatoms. The van der Waals surface area contributed by atoms with Gasteiger partial charge in [-0.25, -0.2) is 4.98 Å². The van der Waals surface area contributed by atoms with Gasteiger partial charge in [0.05, 0.1) is 41.0 Å². The first-order valence-electron chi connectivity index (χ1n) is 13.7. The fraction of sp³-hybridized carbons (Fsp3) is 0.226. The standard InChI is InChI=1S/C31H30N8O/c40-28(13-20-7-3-1-4-8-20)34-23-14-22(16-32-17-23)21-9-10-25-24(15-21)29(38-37-25)31-35-26-18-33-19-27(30(26)36-31)39-11-5-2-6-12-39/h1,3-4,7-10,14-19,28,34,40H,2,5-6,11-13H2,(H,35,36)(H,37,38). The van der Waals surface area contributed by atoms with E-state index in [0.29, 0.717) is 12.2 Å². The molecule has 2 aromatic carbocycles. The molecule has 4 aromatic heterocycles. The van der Waals surface area contributed by atoms with Crippen molar-refractivity contribution in [1.29, 1.82) is 0 Å². The van der Waals surface area contributed by atoms with E-state index < -0.39 is 6.23 Å². The molecule has 7 rings (SSSR count). The van der Waals surface area contributed by atoms with Crippen molar-refractivity contribution in [3.8, 4) is 22.6 Å². The molecule has 0 aliphatic carbocycles. The number of aromatic amines is 2. The van der Waals surface area contributed by atoms with Crippen LogP contribution in [0.15, 0.2) is 79.4 Å². The molecule has 4 N–H and O–H groups in total. The number of aromatic nitrogens is 6. The van der Waals surface area contributed by atoms with Crippen molar-refractivity contribution >= 4 is 33.3 Å². The molecule has 1 fully saturated rings. The number of hydrogen-bond donors (Lipinski definition) is 4. The number of H-pyrrole nitrogens is 2. The first-order valence-corrected chi connectivity index (χ1v) is 13.7. The summed E-state index contributed by atoms with van der Waals surface area (Å²) in [6.07, 6.45) is 10.7. The van der Waals surface area contributed by atoms with E-state index in [-0.39, 0.29) is 0 Å². The molecule has 0 spiro atoms. The zero-order chi connectivity index (χ0) is 26.9. The van der Waals surface area contributed by atoms with Gasteiger partial charge in [0.2, 0.25) is 0 Å². The number of piperidine rings is 1. The topological polar surface area (TPSA) is 119 Å². The number of rotatable bonds is 7. The minimum Gasteiger partial charge on any atom is -0.373 e. The number of nitrogens with zero attached hydrogens (tertiary/aromatic N) is 5. The van der Waals surface area contributed by atoms with Crippen LogP contribution in [0.3, 0.4) is 0 Å². The van der Waals surface area contributed by atoms with Crippen LogP contribution in [0.1, 0.15) is 24.8 Å². The van der Waals surface area contributed by atoms with Crippen LogP contribution >= 0.6 is 0 Å². The molecule has 9 nitrogen and oxygen atoms in total. The Labute approximate surface area is 231 Å². The highest BCUT2D eigenvalue weighted by molar-refractivity contribution is 5.97. The fourth-order valence-corrected chi connectivity index (χ4v) is 5.53. The first-order chi connectivity index (χ1) is 19.7. The second-order valence-electron chi connectivity index (χ2n) is 10.3. The highest BCUT2D eigenvalue weighted by Gasteiger charge is 2.19.